The zero-order valence-corrected chi connectivity index (χ0v) is 17.1. The second kappa shape index (κ2) is 9.20. The quantitative estimate of drug-likeness (QED) is 0.476. The fourth-order valence-corrected chi connectivity index (χ4v) is 3.39. The number of rotatable bonds is 7. The monoisotopic (exact) mass is 414 g/mol. The van der Waals surface area contributed by atoms with Crippen LogP contribution in [0.4, 0.5) is 13.2 Å². The Balaban J connectivity index is 1.84. The van der Waals surface area contributed by atoms with Gasteiger partial charge in [0.2, 0.25) is 0 Å². The largest absolute Gasteiger partial charge is 0.416 e. The number of halogens is 3. The van der Waals surface area contributed by atoms with Crippen LogP contribution in [-0.2, 0) is 19.3 Å². The smallest absolute Gasteiger partial charge is 0.345 e. The summed E-state index contributed by atoms with van der Waals surface area (Å²) >= 11 is 0. The van der Waals surface area contributed by atoms with E-state index >= 15 is 0 Å². The van der Waals surface area contributed by atoms with Crippen molar-refractivity contribution in [2.75, 3.05) is 6.54 Å². The van der Waals surface area contributed by atoms with Crippen molar-refractivity contribution < 1.29 is 18.0 Å². The minimum Gasteiger partial charge on any atom is -0.345 e. The van der Waals surface area contributed by atoms with Crippen molar-refractivity contribution in [1.29, 1.82) is 0 Å². The first-order valence-corrected chi connectivity index (χ1v) is 9.88. The Bertz CT molecular complexity index is 977. The van der Waals surface area contributed by atoms with Crippen LogP contribution in [0, 0.1) is 5.92 Å². The molecule has 0 bridgehead atoms. The molecule has 6 heteroatoms. The van der Waals surface area contributed by atoms with Gasteiger partial charge in [0.25, 0.3) is 5.91 Å². The number of carbonyl (C=O) groups excluding carboxylic acids is 1. The van der Waals surface area contributed by atoms with Crippen LogP contribution in [0.1, 0.15) is 41.0 Å². The van der Waals surface area contributed by atoms with Crippen LogP contribution in [0.25, 0.3) is 0 Å². The van der Waals surface area contributed by atoms with Crippen LogP contribution >= 0.6 is 0 Å². The summed E-state index contributed by atoms with van der Waals surface area (Å²) in [6, 6.07) is 18.5. The Morgan fingerprint density at radius 3 is 2.40 bits per heavy atom. The zero-order chi connectivity index (χ0) is 21.7. The molecule has 0 aliphatic heterocycles. The molecule has 1 heterocycles. The van der Waals surface area contributed by atoms with E-state index in [-0.39, 0.29) is 11.5 Å². The molecule has 0 spiro atoms. The summed E-state index contributed by atoms with van der Waals surface area (Å²) in [4.78, 5) is 14.7. The van der Waals surface area contributed by atoms with Crippen molar-refractivity contribution >= 4 is 5.91 Å². The third-order valence-corrected chi connectivity index (χ3v) is 4.78. The number of aromatic nitrogens is 1. The molecule has 0 radical (unpaired) electrons. The van der Waals surface area contributed by atoms with Crippen molar-refractivity contribution in [3.8, 4) is 0 Å². The van der Waals surface area contributed by atoms with Gasteiger partial charge < -0.3 is 9.47 Å². The first-order valence-electron chi connectivity index (χ1n) is 9.88. The van der Waals surface area contributed by atoms with Gasteiger partial charge in [-0.3, -0.25) is 4.79 Å². The molecule has 3 rings (SSSR count). The second-order valence-corrected chi connectivity index (χ2v) is 7.77. The first-order chi connectivity index (χ1) is 14.2. The molecule has 0 aliphatic rings. The predicted octanol–water partition coefficient (Wildman–Crippen LogP) is 5.85. The molecule has 3 nitrogen and oxygen atoms in total. The van der Waals surface area contributed by atoms with E-state index < -0.39 is 17.6 Å². The molecule has 158 valence electrons. The summed E-state index contributed by atoms with van der Waals surface area (Å²) in [6.45, 7) is 5.40. The van der Waals surface area contributed by atoms with Gasteiger partial charge in [0.05, 0.1) is 12.1 Å². The summed E-state index contributed by atoms with van der Waals surface area (Å²) in [5.41, 5.74) is 1.30. The van der Waals surface area contributed by atoms with E-state index in [1.165, 1.54) is 12.1 Å². The van der Waals surface area contributed by atoms with Crippen molar-refractivity contribution in [2.24, 2.45) is 5.92 Å². The highest BCUT2D eigenvalue weighted by Gasteiger charge is 2.31. The SMILES string of the molecule is CC(C)CN(Cc1cccn1Cc1ccccc1)C(=O)c1cccc(C(F)(F)F)c1. The van der Waals surface area contributed by atoms with Gasteiger partial charge in [-0.1, -0.05) is 50.2 Å². The van der Waals surface area contributed by atoms with Gasteiger partial charge >= 0.3 is 6.18 Å². The summed E-state index contributed by atoms with van der Waals surface area (Å²) in [5.74, 6) is -0.223. The fourth-order valence-electron chi connectivity index (χ4n) is 3.39. The Morgan fingerprint density at radius 1 is 1.00 bits per heavy atom. The fraction of sp³-hybridized carbons (Fsp3) is 0.292. The van der Waals surface area contributed by atoms with E-state index in [0.29, 0.717) is 19.6 Å². The molecular formula is C24H25F3N2O. The molecule has 1 aromatic heterocycles. The van der Waals surface area contributed by atoms with Crippen molar-refractivity contribution in [2.45, 2.75) is 33.1 Å². The zero-order valence-electron chi connectivity index (χ0n) is 17.1. The molecule has 0 unspecified atom stereocenters. The van der Waals surface area contributed by atoms with E-state index in [4.69, 9.17) is 0 Å². The standard InChI is InChI=1S/C24H25F3N2O/c1-18(2)15-29(23(30)20-10-6-11-21(14-20)24(25,26)27)17-22-12-7-13-28(22)16-19-8-4-3-5-9-19/h3-14,18H,15-17H2,1-2H3. The maximum atomic E-state index is 13.1. The number of amides is 1. The van der Waals surface area contributed by atoms with Crippen LogP contribution < -0.4 is 0 Å². The number of nitrogens with zero attached hydrogens (tertiary/aromatic N) is 2. The summed E-state index contributed by atoms with van der Waals surface area (Å²) in [5, 5.41) is 0. The molecule has 0 aliphatic carbocycles. The van der Waals surface area contributed by atoms with Crippen LogP contribution in [0.5, 0.6) is 0 Å². The lowest BCUT2D eigenvalue weighted by Crippen LogP contribution is -2.34. The molecule has 2 aromatic carbocycles. The molecule has 0 fully saturated rings. The second-order valence-electron chi connectivity index (χ2n) is 7.77. The first kappa shape index (κ1) is 21.7. The lowest BCUT2D eigenvalue weighted by molar-refractivity contribution is -0.137. The number of carbonyl (C=O) groups is 1. The summed E-state index contributed by atoms with van der Waals surface area (Å²) in [6.07, 6.45) is -2.53. The third-order valence-electron chi connectivity index (χ3n) is 4.78. The molecule has 0 saturated heterocycles. The van der Waals surface area contributed by atoms with Gasteiger partial charge in [-0.15, -0.1) is 0 Å². The summed E-state index contributed by atoms with van der Waals surface area (Å²) in [7, 11) is 0. The van der Waals surface area contributed by atoms with E-state index in [1.54, 1.807) is 4.90 Å². The molecule has 0 saturated carbocycles. The maximum absolute atomic E-state index is 13.1. The minimum atomic E-state index is -4.48. The van der Waals surface area contributed by atoms with Gasteiger partial charge in [0.1, 0.15) is 0 Å². The Hall–Kier alpha value is -3.02. The van der Waals surface area contributed by atoms with Crippen molar-refractivity contribution in [1.82, 2.24) is 9.47 Å². The molecule has 1 amide bonds. The number of benzene rings is 2. The topological polar surface area (TPSA) is 25.2 Å². The highest BCUT2D eigenvalue weighted by atomic mass is 19.4. The van der Waals surface area contributed by atoms with Crippen LogP contribution in [0.2, 0.25) is 0 Å². The van der Waals surface area contributed by atoms with E-state index in [1.807, 2.05) is 62.5 Å². The van der Waals surface area contributed by atoms with E-state index in [9.17, 15) is 18.0 Å². The van der Waals surface area contributed by atoms with Gasteiger partial charge in [-0.05, 0) is 41.8 Å². The normalized spacial score (nSPS) is 11.7. The summed E-state index contributed by atoms with van der Waals surface area (Å²) < 4.78 is 41.3. The average Bonchev–Trinajstić information content (AvgIpc) is 3.13. The van der Waals surface area contributed by atoms with Crippen LogP contribution in [-0.4, -0.2) is 21.9 Å². The average molecular weight is 414 g/mol. The van der Waals surface area contributed by atoms with E-state index in [2.05, 4.69) is 4.57 Å². The Morgan fingerprint density at radius 2 is 1.73 bits per heavy atom. The van der Waals surface area contributed by atoms with Crippen molar-refractivity contribution in [3.05, 3.63) is 95.3 Å². The highest BCUT2D eigenvalue weighted by Crippen LogP contribution is 2.30. The number of hydrogen-bond donors (Lipinski definition) is 0. The minimum absolute atomic E-state index is 0.0478. The molecule has 30 heavy (non-hydrogen) atoms. The molecular weight excluding hydrogens is 389 g/mol. The van der Waals surface area contributed by atoms with Gasteiger partial charge in [-0.2, -0.15) is 13.2 Å². The third kappa shape index (κ3) is 5.53. The van der Waals surface area contributed by atoms with Crippen LogP contribution in [0.3, 0.4) is 0 Å². The maximum Gasteiger partial charge on any atom is 0.416 e. The Kier molecular flexibility index (Phi) is 6.65. The highest BCUT2D eigenvalue weighted by molar-refractivity contribution is 5.94. The lowest BCUT2D eigenvalue weighted by Gasteiger charge is -2.26. The van der Waals surface area contributed by atoms with Gasteiger partial charge in [0.15, 0.2) is 0 Å². The molecule has 0 atom stereocenters. The van der Waals surface area contributed by atoms with E-state index in [0.717, 1.165) is 23.4 Å². The number of alkyl halides is 3. The van der Waals surface area contributed by atoms with Gasteiger partial charge in [-0.25, -0.2) is 0 Å². The molecule has 3 aromatic rings. The number of hydrogen-bond acceptors (Lipinski definition) is 1. The lowest BCUT2D eigenvalue weighted by atomic mass is 10.1. The Labute approximate surface area is 174 Å². The predicted molar refractivity (Wildman–Crippen MR) is 111 cm³/mol. The van der Waals surface area contributed by atoms with Crippen LogP contribution in [0.15, 0.2) is 72.9 Å². The van der Waals surface area contributed by atoms with Gasteiger partial charge in [0, 0.05) is 30.5 Å². The van der Waals surface area contributed by atoms with Crippen molar-refractivity contribution in [3.63, 3.8) is 0 Å². The molecule has 0 N–H and O–H groups in total.